The van der Waals surface area contributed by atoms with E-state index in [0.29, 0.717) is 19.3 Å². The van der Waals surface area contributed by atoms with E-state index >= 15 is 0 Å². The van der Waals surface area contributed by atoms with Crippen LogP contribution in [0.3, 0.4) is 0 Å². The van der Waals surface area contributed by atoms with E-state index in [4.69, 9.17) is 14.2 Å². The van der Waals surface area contributed by atoms with Crippen LogP contribution in [0.4, 0.5) is 0 Å². The van der Waals surface area contributed by atoms with Gasteiger partial charge in [0.25, 0.3) is 0 Å². The molecule has 0 aromatic heterocycles. The molecule has 0 spiro atoms. The van der Waals surface area contributed by atoms with Crippen LogP contribution in [-0.2, 0) is 28.6 Å². The minimum absolute atomic E-state index is 0.0761. The summed E-state index contributed by atoms with van der Waals surface area (Å²) in [5.74, 6) is -0.886. The first-order chi connectivity index (χ1) is 32.0. The van der Waals surface area contributed by atoms with Gasteiger partial charge in [0.2, 0.25) is 0 Å². The Kier molecular flexibility index (Phi) is 52.3. The van der Waals surface area contributed by atoms with Crippen LogP contribution in [-0.4, -0.2) is 37.2 Å². The lowest BCUT2D eigenvalue weighted by atomic mass is 10.0. The minimum Gasteiger partial charge on any atom is -0.462 e. The van der Waals surface area contributed by atoms with Crippen molar-refractivity contribution in [1.29, 1.82) is 0 Å². The number of allylic oxidation sites excluding steroid dienone is 6. The third-order valence-corrected chi connectivity index (χ3v) is 12.6. The maximum absolute atomic E-state index is 12.8. The van der Waals surface area contributed by atoms with Crippen molar-refractivity contribution in [3.63, 3.8) is 0 Å². The summed E-state index contributed by atoms with van der Waals surface area (Å²) in [5, 5.41) is 0. The summed E-state index contributed by atoms with van der Waals surface area (Å²) >= 11 is 0. The zero-order valence-corrected chi connectivity index (χ0v) is 43.5. The van der Waals surface area contributed by atoms with Crippen LogP contribution >= 0.6 is 0 Å². The van der Waals surface area contributed by atoms with E-state index in [1.54, 1.807) is 0 Å². The lowest BCUT2D eigenvalue weighted by Crippen LogP contribution is -2.30. The number of unbranched alkanes of at least 4 members (excludes halogenated alkanes) is 35. The molecule has 6 heteroatoms. The number of rotatable bonds is 52. The third-order valence-electron chi connectivity index (χ3n) is 12.6. The Balaban J connectivity index is 4.15. The molecule has 0 N–H and O–H groups in total. The Labute approximate surface area is 404 Å². The highest BCUT2D eigenvalue weighted by molar-refractivity contribution is 5.71. The first-order valence-electron chi connectivity index (χ1n) is 28.5. The second kappa shape index (κ2) is 54.2. The van der Waals surface area contributed by atoms with Gasteiger partial charge >= 0.3 is 17.9 Å². The van der Waals surface area contributed by atoms with Crippen LogP contribution in [0.25, 0.3) is 0 Å². The monoisotopic (exact) mass is 913 g/mol. The lowest BCUT2D eigenvalue weighted by molar-refractivity contribution is -0.167. The molecule has 0 aliphatic heterocycles. The van der Waals surface area contributed by atoms with Crippen molar-refractivity contribution < 1.29 is 28.6 Å². The van der Waals surface area contributed by atoms with E-state index in [9.17, 15) is 14.4 Å². The summed E-state index contributed by atoms with van der Waals surface area (Å²) in [5.41, 5.74) is 0. The van der Waals surface area contributed by atoms with Gasteiger partial charge in [0.15, 0.2) is 6.10 Å². The first kappa shape index (κ1) is 62.6. The van der Waals surface area contributed by atoms with Gasteiger partial charge in [-0.2, -0.15) is 0 Å². The Hall–Kier alpha value is -2.37. The standard InChI is InChI=1S/C59H108O6/c1-4-7-10-13-16-19-22-24-25-26-27-28-29-30-31-32-33-34-35-36-38-40-43-46-49-52-58(61)64-55-56(54-63-57(60)51-48-45-42-39-21-18-15-12-9-6-3)65-59(62)53-50-47-44-41-37-23-20-17-14-11-8-5-2/h12,15,17,20,26-27,56H,4-11,13-14,16,18-19,21-25,28-55H2,1-3H3/b15-12-,20-17-,27-26-. The molecular formula is C59H108O6. The summed E-state index contributed by atoms with van der Waals surface area (Å²) in [4.78, 5) is 38.0. The van der Waals surface area contributed by atoms with Crippen LogP contribution in [0.5, 0.6) is 0 Å². The fourth-order valence-electron chi connectivity index (χ4n) is 8.26. The lowest BCUT2D eigenvalue weighted by Gasteiger charge is -2.18. The Bertz CT molecular complexity index is 1090. The van der Waals surface area contributed by atoms with Crippen LogP contribution < -0.4 is 0 Å². The van der Waals surface area contributed by atoms with Gasteiger partial charge in [0, 0.05) is 19.3 Å². The van der Waals surface area contributed by atoms with Crippen molar-refractivity contribution in [1.82, 2.24) is 0 Å². The number of esters is 3. The molecule has 0 aromatic carbocycles. The molecule has 1 atom stereocenters. The van der Waals surface area contributed by atoms with Gasteiger partial charge in [-0.15, -0.1) is 0 Å². The second-order valence-corrected chi connectivity index (χ2v) is 19.2. The average Bonchev–Trinajstić information content (AvgIpc) is 3.30. The van der Waals surface area contributed by atoms with Gasteiger partial charge in [-0.25, -0.2) is 0 Å². The summed E-state index contributed by atoms with van der Waals surface area (Å²) in [7, 11) is 0. The molecule has 0 fully saturated rings. The third kappa shape index (κ3) is 52.5. The van der Waals surface area contributed by atoms with E-state index in [0.717, 1.165) is 83.5 Å². The number of carbonyl (C=O) groups is 3. The highest BCUT2D eigenvalue weighted by Crippen LogP contribution is 2.16. The van der Waals surface area contributed by atoms with Crippen molar-refractivity contribution in [3.8, 4) is 0 Å². The highest BCUT2D eigenvalue weighted by Gasteiger charge is 2.19. The van der Waals surface area contributed by atoms with Gasteiger partial charge in [0.05, 0.1) is 0 Å². The maximum atomic E-state index is 12.8. The van der Waals surface area contributed by atoms with Crippen molar-refractivity contribution in [2.24, 2.45) is 0 Å². The number of hydrogen-bond acceptors (Lipinski definition) is 6. The average molecular weight is 914 g/mol. The van der Waals surface area contributed by atoms with Gasteiger partial charge < -0.3 is 14.2 Å². The molecule has 0 saturated heterocycles. The molecule has 0 saturated carbocycles. The molecule has 0 amide bonds. The normalized spacial score (nSPS) is 12.2. The van der Waals surface area contributed by atoms with Crippen LogP contribution in [0.2, 0.25) is 0 Å². The molecule has 0 rings (SSSR count). The molecule has 0 radical (unpaired) electrons. The minimum atomic E-state index is -0.776. The fourth-order valence-corrected chi connectivity index (χ4v) is 8.26. The van der Waals surface area contributed by atoms with Gasteiger partial charge in [-0.3, -0.25) is 14.4 Å². The van der Waals surface area contributed by atoms with Gasteiger partial charge in [0.1, 0.15) is 13.2 Å². The molecule has 0 aromatic rings. The van der Waals surface area contributed by atoms with Gasteiger partial charge in [-0.05, 0) is 89.9 Å². The van der Waals surface area contributed by atoms with E-state index in [1.165, 1.54) is 180 Å². The van der Waals surface area contributed by atoms with E-state index in [1.807, 2.05) is 0 Å². The zero-order chi connectivity index (χ0) is 47.2. The summed E-state index contributed by atoms with van der Waals surface area (Å²) < 4.78 is 16.8. The molecule has 0 bridgehead atoms. The van der Waals surface area contributed by atoms with Crippen LogP contribution in [0.15, 0.2) is 36.5 Å². The van der Waals surface area contributed by atoms with Crippen LogP contribution in [0.1, 0.15) is 303 Å². The number of ether oxygens (including phenoxy) is 3. The predicted octanol–water partition coefficient (Wildman–Crippen LogP) is 18.9. The topological polar surface area (TPSA) is 78.9 Å². The van der Waals surface area contributed by atoms with E-state index in [-0.39, 0.29) is 31.1 Å². The maximum Gasteiger partial charge on any atom is 0.306 e. The summed E-state index contributed by atoms with van der Waals surface area (Å²) in [6.07, 6.45) is 64.4. The van der Waals surface area contributed by atoms with E-state index in [2.05, 4.69) is 57.2 Å². The molecule has 0 aliphatic rings. The predicted molar refractivity (Wildman–Crippen MR) is 279 cm³/mol. The smallest absolute Gasteiger partial charge is 0.306 e. The van der Waals surface area contributed by atoms with Crippen molar-refractivity contribution >= 4 is 17.9 Å². The summed E-state index contributed by atoms with van der Waals surface area (Å²) in [6, 6.07) is 0. The molecule has 1 unspecified atom stereocenters. The molecule has 0 heterocycles. The van der Waals surface area contributed by atoms with Crippen molar-refractivity contribution in [3.05, 3.63) is 36.5 Å². The van der Waals surface area contributed by atoms with Crippen molar-refractivity contribution in [2.45, 2.75) is 309 Å². The largest absolute Gasteiger partial charge is 0.462 e. The van der Waals surface area contributed by atoms with E-state index < -0.39 is 6.10 Å². The van der Waals surface area contributed by atoms with Crippen molar-refractivity contribution in [2.75, 3.05) is 13.2 Å². The number of hydrogen-bond donors (Lipinski definition) is 0. The molecule has 6 nitrogen and oxygen atoms in total. The second-order valence-electron chi connectivity index (χ2n) is 19.2. The molecule has 65 heavy (non-hydrogen) atoms. The highest BCUT2D eigenvalue weighted by atomic mass is 16.6. The first-order valence-corrected chi connectivity index (χ1v) is 28.5. The molecular weight excluding hydrogens is 805 g/mol. The Morgan fingerprint density at radius 1 is 0.292 bits per heavy atom. The zero-order valence-electron chi connectivity index (χ0n) is 43.5. The fraction of sp³-hybridized carbons (Fsp3) is 0.847. The Morgan fingerprint density at radius 3 is 0.862 bits per heavy atom. The molecule has 0 aliphatic carbocycles. The molecule has 380 valence electrons. The quantitative estimate of drug-likeness (QED) is 0.0262. The summed E-state index contributed by atoms with van der Waals surface area (Å²) in [6.45, 7) is 6.56. The van der Waals surface area contributed by atoms with Gasteiger partial charge in [-0.1, -0.05) is 231 Å². The number of carbonyl (C=O) groups excluding carboxylic acids is 3. The van der Waals surface area contributed by atoms with Crippen LogP contribution in [0, 0.1) is 0 Å². The Morgan fingerprint density at radius 2 is 0.538 bits per heavy atom. The SMILES string of the molecule is CCC/C=C\CCCCCCCC(=O)OCC(COC(=O)CCCCCCCCCCCCCCC/C=C\CCCCCCCCCC)OC(=O)CCCCCCC/C=C\CCCCC.